The maximum absolute atomic E-state index is 11.9. The molecule has 4 heteroatoms. The van der Waals surface area contributed by atoms with Gasteiger partial charge in [0.2, 0.25) is 0 Å². The van der Waals surface area contributed by atoms with Gasteiger partial charge in [-0.05, 0) is 46.6 Å². The Balaban J connectivity index is 4.60. The predicted octanol–water partition coefficient (Wildman–Crippen LogP) is 3.60. The summed E-state index contributed by atoms with van der Waals surface area (Å²) in [6, 6.07) is 0. The molecule has 0 bridgehead atoms. The molecule has 120 valence electrons. The van der Waals surface area contributed by atoms with Crippen LogP contribution in [0.15, 0.2) is 24.3 Å². The average molecular weight is 296 g/mol. The molecule has 0 aliphatic carbocycles. The third-order valence-corrected chi connectivity index (χ3v) is 3.46. The monoisotopic (exact) mass is 296 g/mol. The SMILES string of the molecule is C=C(C)C(=O)OC(C)(CC)CCOC(C)(C)C(=O)C(=C)C. The number of ketones is 1. The lowest BCUT2D eigenvalue weighted by molar-refractivity contribution is -0.158. The van der Waals surface area contributed by atoms with Gasteiger partial charge in [-0.25, -0.2) is 4.79 Å². The summed E-state index contributed by atoms with van der Waals surface area (Å²) in [4.78, 5) is 23.6. The van der Waals surface area contributed by atoms with Crippen LogP contribution >= 0.6 is 0 Å². The molecule has 0 aromatic carbocycles. The van der Waals surface area contributed by atoms with Crippen LogP contribution in [0.3, 0.4) is 0 Å². The van der Waals surface area contributed by atoms with Crippen LogP contribution in [-0.4, -0.2) is 29.6 Å². The van der Waals surface area contributed by atoms with E-state index in [-0.39, 0.29) is 5.78 Å². The van der Waals surface area contributed by atoms with Crippen molar-refractivity contribution in [3.63, 3.8) is 0 Å². The average Bonchev–Trinajstić information content (AvgIpc) is 2.37. The maximum Gasteiger partial charge on any atom is 0.333 e. The van der Waals surface area contributed by atoms with Crippen LogP contribution in [0.4, 0.5) is 0 Å². The van der Waals surface area contributed by atoms with Crippen molar-refractivity contribution in [1.82, 2.24) is 0 Å². The highest BCUT2D eigenvalue weighted by Crippen LogP contribution is 2.23. The molecular weight excluding hydrogens is 268 g/mol. The normalized spacial score (nSPS) is 14.2. The molecule has 0 aliphatic heterocycles. The summed E-state index contributed by atoms with van der Waals surface area (Å²) in [5.41, 5.74) is -0.711. The molecule has 0 heterocycles. The standard InChI is InChI=1S/C17H28O4/c1-9-17(8,21-15(19)13(4)5)10-11-20-16(6,7)14(18)12(2)3/h2,4,9-11H2,1,3,5-8H3. The molecule has 1 unspecified atom stereocenters. The molecule has 0 radical (unpaired) electrons. The Labute approximate surface area is 128 Å². The van der Waals surface area contributed by atoms with E-state index in [9.17, 15) is 9.59 Å². The van der Waals surface area contributed by atoms with E-state index in [0.717, 1.165) is 0 Å². The Morgan fingerprint density at radius 2 is 1.57 bits per heavy atom. The van der Waals surface area contributed by atoms with E-state index in [1.807, 2.05) is 13.8 Å². The Morgan fingerprint density at radius 3 is 1.95 bits per heavy atom. The summed E-state index contributed by atoms with van der Waals surface area (Å²) in [7, 11) is 0. The lowest BCUT2D eigenvalue weighted by Crippen LogP contribution is -2.38. The Kier molecular flexibility index (Phi) is 7.04. The van der Waals surface area contributed by atoms with Gasteiger partial charge >= 0.3 is 5.97 Å². The van der Waals surface area contributed by atoms with Crippen molar-refractivity contribution in [2.24, 2.45) is 0 Å². The van der Waals surface area contributed by atoms with Gasteiger partial charge in [-0.1, -0.05) is 20.1 Å². The highest BCUT2D eigenvalue weighted by molar-refractivity contribution is 6.00. The number of hydrogen-bond donors (Lipinski definition) is 0. The zero-order valence-electron chi connectivity index (χ0n) is 14.2. The molecular formula is C17H28O4. The Bertz CT molecular complexity index is 434. The molecule has 4 nitrogen and oxygen atoms in total. The first-order chi connectivity index (χ1) is 9.45. The van der Waals surface area contributed by atoms with Crippen molar-refractivity contribution < 1.29 is 19.1 Å². The zero-order valence-corrected chi connectivity index (χ0v) is 14.2. The first kappa shape index (κ1) is 19.6. The number of esters is 1. The Hall–Kier alpha value is -1.42. The van der Waals surface area contributed by atoms with Gasteiger partial charge in [0.25, 0.3) is 0 Å². The summed E-state index contributed by atoms with van der Waals surface area (Å²) in [5, 5.41) is 0. The number of carbonyl (C=O) groups excluding carboxylic acids is 2. The summed E-state index contributed by atoms with van der Waals surface area (Å²) < 4.78 is 11.1. The molecule has 0 rings (SSSR count). The van der Waals surface area contributed by atoms with Crippen LogP contribution in [0.5, 0.6) is 0 Å². The van der Waals surface area contributed by atoms with Gasteiger partial charge < -0.3 is 9.47 Å². The van der Waals surface area contributed by atoms with Gasteiger partial charge in [-0.2, -0.15) is 0 Å². The van der Waals surface area contributed by atoms with E-state index in [2.05, 4.69) is 13.2 Å². The van der Waals surface area contributed by atoms with Crippen molar-refractivity contribution in [3.8, 4) is 0 Å². The lowest BCUT2D eigenvalue weighted by atomic mass is 9.97. The van der Waals surface area contributed by atoms with Crippen LogP contribution in [0, 0.1) is 0 Å². The topological polar surface area (TPSA) is 52.6 Å². The van der Waals surface area contributed by atoms with Gasteiger partial charge in [-0.15, -0.1) is 0 Å². The minimum absolute atomic E-state index is 0.125. The van der Waals surface area contributed by atoms with Crippen molar-refractivity contribution >= 4 is 11.8 Å². The minimum Gasteiger partial charge on any atom is -0.456 e. The molecule has 0 spiro atoms. The van der Waals surface area contributed by atoms with Gasteiger partial charge in [0.15, 0.2) is 5.78 Å². The third kappa shape index (κ3) is 6.25. The fourth-order valence-corrected chi connectivity index (χ4v) is 1.71. The molecule has 0 aromatic rings. The van der Waals surface area contributed by atoms with Gasteiger partial charge in [0.05, 0.1) is 6.61 Å². The van der Waals surface area contributed by atoms with Crippen LogP contribution in [0.1, 0.15) is 54.4 Å². The fraction of sp³-hybridized carbons (Fsp3) is 0.647. The molecule has 0 aromatic heterocycles. The highest BCUT2D eigenvalue weighted by atomic mass is 16.6. The van der Waals surface area contributed by atoms with E-state index in [1.54, 1.807) is 27.7 Å². The summed E-state index contributed by atoms with van der Waals surface area (Å²) in [6.45, 7) is 18.0. The molecule has 0 saturated heterocycles. The first-order valence-electron chi connectivity index (χ1n) is 7.18. The van der Waals surface area contributed by atoms with Crippen molar-refractivity contribution in [1.29, 1.82) is 0 Å². The molecule has 1 atom stereocenters. The van der Waals surface area contributed by atoms with E-state index >= 15 is 0 Å². The third-order valence-electron chi connectivity index (χ3n) is 3.46. The van der Waals surface area contributed by atoms with Crippen LogP contribution in [0.2, 0.25) is 0 Å². The largest absolute Gasteiger partial charge is 0.456 e. The quantitative estimate of drug-likeness (QED) is 0.482. The maximum atomic E-state index is 11.9. The second kappa shape index (κ2) is 7.55. The van der Waals surface area contributed by atoms with E-state index in [4.69, 9.17) is 9.47 Å². The first-order valence-corrected chi connectivity index (χ1v) is 7.18. The highest BCUT2D eigenvalue weighted by Gasteiger charge is 2.31. The number of ether oxygens (including phenoxy) is 2. The fourth-order valence-electron chi connectivity index (χ4n) is 1.71. The van der Waals surface area contributed by atoms with Gasteiger partial charge in [-0.3, -0.25) is 4.79 Å². The van der Waals surface area contributed by atoms with Gasteiger partial charge in [0.1, 0.15) is 11.2 Å². The molecule has 0 amide bonds. The number of hydrogen-bond acceptors (Lipinski definition) is 4. The molecule has 0 aliphatic rings. The predicted molar refractivity (Wildman–Crippen MR) is 84.1 cm³/mol. The van der Waals surface area contributed by atoms with Crippen molar-refractivity contribution in [2.75, 3.05) is 6.61 Å². The summed E-state index contributed by atoms with van der Waals surface area (Å²) in [5.74, 6) is -0.531. The summed E-state index contributed by atoms with van der Waals surface area (Å²) >= 11 is 0. The lowest BCUT2D eigenvalue weighted by Gasteiger charge is -2.31. The van der Waals surface area contributed by atoms with E-state index in [0.29, 0.717) is 30.6 Å². The zero-order chi connectivity index (χ0) is 16.8. The second-order valence-corrected chi connectivity index (χ2v) is 6.19. The van der Waals surface area contributed by atoms with Gasteiger partial charge in [0, 0.05) is 12.0 Å². The second-order valence-electron chi connectivity index (χ2n) is 6.19. The molecule has 0 saturated carbocycles. The van der Waals surface area contributed by atoms with Crippen LogP contribution in [-0.2, 0) is 19.1 Å². The minimum atomic E-state index is -0.918. The van der Waals surface area contributed by atoms with E-state index in [1.165, 1.54) is 0 Å². The van der Waals surface area contributed by atoms with Crippen molar-refractivity contribution in [3.05, 3.63) is 24.3 Å². The Morgan fingerprint density at radius 1 is 1.05 bits per heavy atom. The van der Waals surface area contributed by atoms with Crippen molar-refractivity contribution in [2.45, 2.75) is 65.6 Å². The van der Waals surface area contributed by atoms with Crippen LogP contribution in [0.25, 0.3) is 0 Å². The molecule has 0 fully saturated rings. The summed E-state index contributed by atoms with van der Waals surface area (Å²) in [6.07, 6.45) is 1.17. The number of Topliss-reactive ketones (excluding diaryl/α,β-unsaturated/α-hetero) is 1. The molecule has 0 N–H and O–H groups in total. The van der Waals surface area contributed by atoms with E-state index < -0.39 is 17.2 Å². The number of rotatable bonds is 9. The smallest absolute Gasteiger partial charge is 0.333 e. The number of carbonyl (C=O) groups is 2. The van der Waals surface area contributed by atoms with Crippen LogP contribution < -0.4 is 0 Å². The molecule has 21 heavy (non-hydrogen) atoms.